The number of nitrogens with two attached hydrogens (primary N) is 1. The number of urea groups is 1. The third-order valence-electron chi connectivity index (χ3n) is 4.17. The maximum absolute atomic E-state index is 14.0. The highest BCUT2D eigenvalue weighted by Crippen LogP contribution is 2.28. The summed E-state index contributed by atoms with van der Waals surface area (Å²) in [6.45, 7) is 0. The number of halogens is 2. The molecule has 1 aliphatic heterocycles. The van der Waals surface area contributed by atoms with E-state index in [4.69, 9.17) is 5.73 Å². The summed E-state index contributed by atoms with van der Waals surface area (Å²) in [5.41, 5.74) is 5.48. The van der Waals surface area contributed by atoms with Gasteiger partial charge in [-0.3, -0.25) is 9.59 Å². The summed E-state index contributed by atoms with van der Waals surface area (Å²) < 4.78 is 28.0. The summed E-state index contributed by atoms with van der Waals surface area (Å²) in [4.78, 5) is 37.4. The highest BCUT2D eigenvalue weighted by molar-refractivity contribution is 6.07. The van der Waals surface area contributed by atoms with Gasteiger partial charge in [-0.1, -0.05) is 36.4 Å². The quantitative estimate of drug-likeness (QED) is 0.795. The van der Waals surface area contributed by atoms with E-state index in [1.54, 1.807) is 30.3 Å². The van der Waals surface area contributed by atoms with Crippen LogP contribution in [-0.2, 0) is 16.0 Å². The molecule has 26 heavy (non-hydrogen) atoms. The fourth-order valence-corrected chi connectivity index (χ4v) is 2.93. The van der Waals surface area contributed by atoms with Crippen LogP contribution in [0.1, 0.15) is 17.2 Å². The van der Waals surface area contributed by atoms with Gasteiger partial charge in [0.15, 0.2) is 0 Å². The number of nitrogens with zero attached hydrogens (tertiary/aromatic N) is 1. The molecule has 1 unspecified atom stereocenters. The van der Waals surface area contributed by atoms with Crippen LogP contribution < -0.4 is 11.1 Å². The molecule has 1 fully saturated rings. The number of carbonyl (C=O) groups excluding carboxylic acids is 3. The van der Waals surface area contributed by atoms with E-state index in [1.165, 1.54) is 0 Å². The molecule has 0 saturated carbocycles. The van der Waals surface area contributed by atoms with Gasteiger partial charge in [0.1, 0.15) is 23.7 Å². The zero-order valence-electron chi connectivity index (χ0n) is 13.5. The first kappa shape index (κ1) is 17.5. The minimum atomic E-state index is -1.55. The summed E-state index contributed by atoms with van der Waals surface area (Å²) in [6.07, 6.45) is 0.00179. The Balaban J connectivity index is 1.93. The lowest BCUT2D eigenvalue weighted by Gasteiger charge is -2.22. The Kier molecular flexibility index (Phi) is 4.66. The Bertz CT molecular complexity index is 853. The first-order valence-electron chi connectivity index (χ1n) is 7.81. The Morgan fingerprint density at radius 3 is 2.27 bits per heavy atom. The third-order valence-corrected chi connectivity index (χ3v) is 4.17. The van der Waals surface area contributed by atoms with Gasteiger partial charge < -0.3 is 11.1 Å². The number of hydrogen-bond acceptors (Lipinski definition) is 3. The molecular weight excluding hydrogens is 344 g/mol. The number of imide groups is 1. The lowest BCUT2D eigenvalue weighted by molar-refractivity contribution is -0.134. The summed E-state index contributed by atoms with van der Waals surface area (Å²) >= 11 is 0. The molecule has 8 heteroatoms. The van der Waals surface area contributed by atoms with Crippen molar-refractivity contribution in [1.82, 2.24) is 10.2 Å². The fraction of sp³-hybridized carbons (Fsp3) is 0.167. The Morgan fingerprint density at radius 1 is 1.08 bits per heavy atom. The molecule has 134 valence electrons. The Hall–Kier alpha value is -3.29. The summed E-state index contributed by atoms with van der Waals surface area (Å²) in [6, 6.07) is 8.01. The molecule has 0 bridgehead atoms. The summed E-state index contributed by atoms with van der Waals surface area (Å²) in [5, 5.41) is 2.22. The van der Waals surface area contributed by atoms with Crippen molar-refractivity contribution < 1.29 is 23.2 Å². The van der Waals surface area contributed by atoms with E-state index in [9.17, 15) is 23.2 Å². The van der Waals surface area contributed by atoms with E-state index in [0.717, 1.165) is 18.2 Å². The minimum Gasteiger partial charge on any atom is -0.368 e. The van der Waals surface area contributed by atoms with E-state index < -0.39 is 47.1 Å². The number of primary amides is 1. The van der Waals surface area contributed by atoms with Crippen molar-refractivity contribution >= 4 is 17.8 Å². The van der Waals surface area contributed by atoms with E-state index >= 15 is 0 Å². The van der Waals surface area contributed by atoms with E-state index in [1.807, 2.05) is 0 Å². The SMILES string of the molecule is NC(=O)[C@H](Cc1ccccc1)N1C(=O)NC(c2c(F)cccc2F)C1=O. The Labute approximate surface area is 147 Å². The average molecular weight is 359 g/mol. The van der Waals surface area contributed by atoms with Gasteiger partial charge in [-0.15, -0.1) is 0 Å². The highest BCUT2D eigenvalue weighted by atomic mass is 19.1. The third kappa shape index (κ3) is 3.13. The standard InChI is InChI=1S/C18H15F2N3O3/c19-11-7-4-8-12(20)14(11)15-17(25)23(18(26)22-15)13(16(21)24)9-10-5-2-1-3-6-10/h1-8,13,15H,9H2,(H2,21,24)(H,22,26)/t13-,15?/m0/s1. The van der Waals surface area contributed by atoms with Crippen LogP contribution in [0.4, 0.5) is 13.6 Å². The van der Waals surface area contributed by atoms with Crippen LogP contribution in [0.2, 0.25) is 0 Å². The molecule has 4 amide bonds. The minimum absolute atomic E-state index is 0.00179. The topological polar surface area (TPSA) is 92.5 Å². The van der Waals surface area contributed by atoms with Crippen LogP contribution in [0.5, 0.6) is 0 Å². The van der Waals surface area contributed by atoms with Crippen molar-refractivity contribution in [3.05, 3.63) is 71.3 Å². The van der Waals surface area contributed by atoms with Crippen LogP contribution in [0.15, 0.2) is 48.5 Å². The fourth-order valence-electron chi connectivity index (χ4n) is 2.93. The molecule has 3 rings (SSSR count). The van der Waals surface area contributed by atoms with Gasteiger partial charge in [-0.2, -0.15) is 0 Å². The smallest absolute Gasteiger partial charge is 0.325 e. The molecule has 2 aromatic rings. The van der Waals surface area contributed by atoms with Crippen molar-refractivity contribution in [3.63, 3.8) is 0 Å². The van der Waals surface area contributed by atoms with Gasteiger partial charge in [0.2, 0.25) is 5.91 Å². The first-order chi connectivity index (χ1) is 12.4. The predicted molar refractivity (Wildman–Crippen MR) is 87.6 cm³/mol. The van der Waals surface area contributed by atoms with Crippen LogP contribution in [0, 0.1) is 11.6 Å². The van der Waals surface area contributed by atoms with Crippen LogP contribution in [0.3, 0.4) is 0 Å². The zero-order chi connectivity index (χ0) is 18.8. The van der Waals surface area contributed by atoms with Crippen LogP contribution >= 0.6 is 0 Å². The second kappa shape index (κ2) is 6.91. The number of hydrogen-bond donors (Lipinski definition) is 2. The van der Waals surface area contributed by atoms with Crippen molar-refractivity contribution in [2.45, 2.75) is 18.5 Å². The number of carbonyl (C=O) groups is 3. The second-order valence-corrected chi connectivity index (χ2v) is 5.83. The molecule has 2 atom stereocenters. The Morgan fingerprint density at radius 2 is 1.69 bits per heavy atom. The number of benzene rings is 2. The second-order valence-electron chi connectivity index (χ2n) is 5.83. The molecular formula is C18H15F2N3O3. The first-order valence-corrected chi connectivity index (χ1v) is 7.81. The molecule has 0 spiro atoms. The molecule has 0 aromatic heterocycles. The maximum atomic E-state index is 14.0. The molecule has 1 heterocycles. The molecule has 0 aliphatic carbocycles. The predicted octanol–water partition coefficient (Wildman–Crippen LogP) is 1.65. The van der Waals surface area contributed by atoms with E-state index in [2.05, 4.69) is 5.32 Å². The van der Waals surface area contributed by atoms with Crippen molar-refractivity contribution in [2.75, 3.05) is 0 Å². The van der Waals surface area contributed by atoms with Crippen LogP contribution in [0.25, 0.3) is 0 Å². The van der Waals surface area contributed by atoms with Gasteiger partial charge >= 0.3 is 6.03 Å². The number of amides is 4. The lowest BCUT2D eigenvalue weighted by Crippen LogP contribution is -2.49. The van der Waals surface area contributed by atoms with Gasteiger partial charge in [-0.05, 0) is 17.7 Å². The van der Waals surface area contributed by atoms with E-state index in [0.29, 0.717) is 10.5 Å². The van der Waals surface area contributed by atoms with E-state index in [-0.39, 0.29) is 6.42 Å². The van der Waals surface area contributed by atoms with Crippen LogP contribution in [-0.4, -0.2) is 28.8 Å². The van der Waals surface area contributed by atoms with Gasteiger partial charge in [0.25, 0.3) is 5.91 Å². The normalized spacial score (nSPS) is 17.9. The maximum Gasteiger partial charge on any atom is 0.325 e. The van der Waals surface area contributed by atoms with Gasteiger partial charge in [0.05, 0.1) is 5.56 Å². The highest BCUT2D eigenvalue weighted by Gasteiger charge is 2.46. The molecule has 6 nitrogen and oxygen atoms in total. The molecule has 1 saturated heterocycles. The van der Waals surface area contributed by atoms with Gasteiger partial charge in [0, 0.05) is 6.42 Å². The molecule has 3 N–H and O–H groups in total. The lowest BCUT2D eigenvalue weighted by atomic mass is 10.0. The number of nitrogens with one attached hydrogen (secondary N) is 1. The molecule has 2 aromatic carbocycles. The molecule has 0 radical (unpaired) electrons. The largest absolute Gasteiger partial charge is 0.368 e. The van der Waals surface area contributed by atoms with Crippen molar-refractivity contribution in [1.29, 1.82) is 0 Å². The summed E-state index contributed by atoms with van der Waals surface area (Å²) in [5.74, 6) is -3.76. The van der Waals surface area contributed by atoms with Crippen molar-refractivity contribution in [2.24, 2.45) is 5.73 Å². The van der Waals surface area contributed by atoms with Gasteiger partial charge in [-0.25, -0.2) is 18.5 Å². The number of rotatable bonds is 5. The van der Waals surface area contributed by atoms with Crippen molar-refractivity contribution in [3.8, 4) is 0 Å². The summed E-state index contributed by atoms with van der Waals surface area (Å²) in [7, 11) is 0. The zero-order valence-corrected chi connectivity index (χ0v) is 13.5. The molecule has 1 aliphatic rings. The average Bonchev–Trinajstić information content (AvgIpc) is 2.88. The monoisotopic (exact) mass is 359 g/mol.